The van der Waals surface area contributed by atoms with Crippen molar-refractivity contribution in [2.45, 2.75) is 12.2 Å². The van der Waals surface area contributed by atoms with Crippen LogP contribution in [0.1, 0.15) is 21.5 Å². The van der Waals surface area contributed by atoms with Gasteiger partial charge >= 0.3 is 6.18 Å². The van der Waals surface area contributed by atoms with Gasteiger partial charge in [-0.3, -0.25) is 4.79 Å². The van der Waals surface area contributed by atoms with Gasteiger partial charge in [-0.15, -0.1) is 0 Å². The number of nitriles is 1. The highest BCUT2D eigenvalue weighted by molar-refractivity contribution is 5.94. The van der Waals surface area contributed by atoms with Crippen LogP contribution in [0.3, 0.4) is 0 Å². The zero-order valence-corrected chi connectivity index (χ0v) is 16.2. The molecule has 1 aliphatic rings. The number of nitrogens with zero attached hydrogens (tertiary/aromatic N) is 3. The van der Waals surface area contributed by atoms with E-state index < -0.39 is 23.3 Å². The zero-order chi connectivity index (χ0) is 21.9. The van der Waals surface area contributed by atoms with E-state index in [2.05, 4.69) is 0 Å². The highest BCUT2D eigenvalue weighted by Crippen LogP contribution is 2.35. The largest absolute Gasteiger partial charge is 0.497 e. The number of alkyl halides is 3. The van der Waals surface area contributed by atoms with E-state index in [0.717, 1.165) is 12.1 Å². The molecule has 9 heteroatoms. The van der Waals surface area contributed by atoms with Crippen LogP contribution in [0, 0.1) is 11.3 Å². The molecule has 0 aromatic heterocycles. The standard InChI is InChI=1S/C21H20F3N3O3/c1-30-18-4-2-3-14(9-18)20(29)26-7-8-27(17(12-26)13-28)16-6-5-15(11-25)19(10-16)21(22,23)24/h2-6,9-10,17,28H,7-8,12-13H2,1H3. The summed E-state index contributed by atoms with van der Waals surface area (Å²) in [6, 6.07) is 11.1. The number of benzene rings is 2. The van der Waals surface area contributed by atoms with Gasteiger partial charge in [0.15, 0.2) is 0 Å². The van der Waals surface area contributed by atoms with Crippen molar-refractivity contribution in [3.8, 4) is 11.8 Å². The van der Waals surface area contributed by atoms with Crippen molar-refractivity contribution in [1.29, 1.82) is 5.26 Å². The van der Waals surface area contributed by atoms with Gasteiger partial charge in [-0.2, -0.15) is 18.4 Å². The molecule has 1 atom stereocenters. The molecule has 1 unspecified atom stereocenters. The number of amides is 1. The number of hydrogen-bond acceptors (Lipinski definition) is 5. The maximum Gasteiger partial charge on any atom is 0.417 e. The summed E-state index contributed by atoms with van der Waals surface area (Å²) < 4.78 is 45.0. The number of carbonyl (C=O) groups is 1. The van der Waals surface area contributed by atoms with Crippen LogP contribution in [-0.4, -0.2) is 55.3 Å². The van der Waals surface area contributed by atoms with E-state index in [-0.39, 0.29) is 37.8 Å². The first-order chi connectivity index (χ1) is 14.3. The molecule has 30 heavy (non-hydrogen) atoms. The molecule has 0 radical (unpaired) electrons. The van der Waals surface area contributed by atoms with E-state index >= 15 is 0 Å². The van der Waals surface area contributed by atoms with Crippen LogP contribution < -0.4 is 9.64 Å². The highest BCUT2D eigenvalue weighted by Gasteiger charge is 2.36. The molecule has 1 heterocycles. The molecule has 1 saturated heterocycles. The number of hydrogen-bond donors (Lipinski definition) is 1. The van der Waals surface area contributed by atoms with Crippen molar-refractivity contribution in [3.63, 3.8) is 0 Å². The summed E-state index contributed by atoms with van der Waals surface area (Å²) in [7, 11) is 1.50. The summed E-state index contributed by atoms with van der Waals surface area (Å²) in [5, 5.41) is 18.8. The van der Waals surface area contributed by atoms with Gasteiger partial charge in [0.05, 0.1) is 37.0 Å². The van der Waals surface area contributed by atoms with Gasteiger partial charge in [0.1, 0.15) is 5.75 Å². The SMILES string of the molecule is COc1cccc(C(=O)N2CCN(c3ccc(C#N)c(C(F)(F)F)c3)C(CO)C2)c1. The number of ether oxygens (including phenoxy) is 1. The third kappa shape index (κ3) is 4.33. The number of halogens is 3. The molecule has 2 aromatic rings. The first kappa shape index (κ1) is 21.5. The molecule has 2 aromatic carbocycles. The summed E-state index contributed by atoms with van der Waals surface area (Å²) in [5.74, 6) is 0.290. The Morgan fingerprint density at radius 2 is 2.03 bits per heavy atom. The molecule has 1 amide bonds. The minimum Gasteiger partial charge on any atom is -0.497 e. The van der Waals surface area contributed by atoms with E-state index in [4.69, 9.17) is 10.00 Å². The number of piperazine rings is 1. The zero-order valence-electron chi connectivity index (χ0n) is 16.2. The van der Waals surface area contributed by atoms with Gasteiger partial charge in [0.25, 0.3) is 5.91 Å². The summed E-state index contributed by atoms with van der Waals surface area (Å²) >= 11 is 0. The van der Waals surface area contributed by atoms with Crippen molar-refractivity contribution in [1.82, 2.24) is 4.90 Å². The average Bonchev–Trinajstić information content (AvgIpc) is 2.77. The predicted octanol–water partition coefficient (Wildman–Crippen LogP) is 2.91. The first-order valence-corrected chi connectivity index (χ1v) is 9.20. The lowest BCUT2D eigenvalue weighted by Gasteiger charge is -2.42. The predicted molar refractivity (Wildman–Crippen MR) is 103 cm³/mol. The lowest BCUT2D eigenvalue weighted by molar-refractivity contribution is -0.137. The summed E-state index contributed by atoms with van der Waals surface area (Å²) in [6.07, 6.45) is -4.67. The van der Waals surface area contributed by atoms with Crippen LogP contribution in [0.15, 0.2) is 42.5 Å². The lowest BCUT2D eigenvalue weighted by Crippen LogP contribution is -2.56. The van der Waals surface area contributed by atoms with E-state index in [9.17, 15) is 23.1 Å². The van der Waals surface area contributed by atoms with Gasteiger partial charge in [0, 0.05) is 30.9 Å². The second-order valence-electron chi connectivity index (χ2n) is 6.85. The van der Waals surface area contributed by atoms with Crippen LogP contribution in [0.2, 0.25) is 0 Å². The number of aliphatic hydroxyl groups excluding tert-OH is 1. The Hall–Kier alpha value is -3.25. The quantitative estimate of drug-likeness (QED) is 0.825. The first-order valence-electron chi connectivity index (χ1n) is 9.20. The van der Waals surface area contributed by atoms with Crippen molar-refractivity contribution in [3.05, 3.63) is 59.2 Å². The van der Waals surface area contributed by atoms with Crippen molar-refractivity contribution >= 4 is 11.6 Å². The van der Waals surface area contributed by atoms with E-state index in [1.807, 2.05) is 0 Å². The molecule has 1 N–H and O–H groups in total. The Balaban J connectivity index is 1.83. The number of methoxy groups -OCH3 is 1. The monoisotopic (exact) mass is 419 g/mol. The van der Waals surface area contributed by atoms with E-state index in [1.54, 1.807) is 40.1 Å². The summed E-state index contributed by atoms with van der Waals surface area (Å²) in [5.41, 5.74) is -0.807. The van der Waals surface area contributed by atoms with Gasteiger partial charge in [-0.25, -0.2) is 0 Å². The fourth-order valence-electron chi connectivity index (χ4n) is 3.52. The van der Waals surface area contributed by atoms with Crippen molar-refractivity contribution in [2.24, 2.45) is 0 Å². The smallest absolute Gasteiger partial charge is 0.417 e. The second-order valence-corrected chi connectivity index (χ2v) is 6.85. The molecule has 0 bridgehead atoms. The topological polar surface area (TPSA) is 76.8 Å². The van der Waals surface area contributed by atoms with Crippen LogP contribution in [0.5, 0.6) is 5.75 Å². The molecule has 1 aliphatic heterocycles. The molecule has 0 saturated carbocycles. The van der Waals surface area contributed by atoms with Crippen LogP contribution in [-0.2, 0) is 6.18 Å². The number of anilines is 1. The van der Waals surface area contributed by atoms with Gasteiger partial charge in [-0.05, 0) is 36.4 Å². The molecule has 1 fully saturated rings. The molecule has 158 valence electrons. The minimum absolute atomic E-state index is 0.147. The molecule has 6 nitrogen and oxygen atoms in total. The Labute approximate surface area is 171 Å². The number of carbonyl (C=O) groups excluding carboxylic acids is 1. The van der Waals surface area contributed by atoms with Gasteiger partial charge in [0.2, 0.25) is 0 Å². The van der Waals surface area contributed by atoms with Crippen LogP contribution in [0.25, 0.3) is 0 Å². The normalized spacial score (nSPS) is 16.9. The van der Waals surface area contributed by atoms with E-state index in [0.29, 0.717) is 11.3 Å². The average molecular weight is 419 g/mol. The van der Waals surface area contributed by atoms with Crippen molar-refractivity contribution < 1.29 is 27.8 Å². The fraction of sp³-hybridized carbons (Fsp3) is 0.333. The Morgan fingerprint density at radius 1 is 1.27 bits per heavy atom. The van der Waals surface area contributed by atoms with Crippen LogP contribution in [0.4, 0.5) is 18.9 Å². The second kappa shape index (κ2) is 8.63. The molecule has 3 rings (SSSR count). The fourth-order valence-corrected chi connectivity index (χ4v) is 3.52. The van der Waals surface area contributed by atoms with Gasteiger partial charge in [-0.1, -0.05) is 6.07 Å². The number of aliphatic hydroxyl groups is 1. The summed E-state index contributed by atoms with van der Waals surface area (Å²) in [6.45, 7) is 0.315. The lowest BCUT2D eigenvalue weighted by atomic mass is 10.0. The third-order valence-corrected chi connectivity index (χ3v) is 5.06. The molecular formula is C21H20F3N3O3. The maximum absolute atomic E-state index is 13.3. The molecule has 0 aliphatic carbocycles. The maximum atomic E-state index is 13.3. The molecular weight excluding hydrogens is 399 g/mol. The van der Waals surface area contributed by atoms with E-state index in [1.165, 1.54) is 13.2 Å². The Morgan fingerprint density at radius 3 is 2.67 bits per heavy atom. The Kier molecular flexibility index (Phi) is 6.17. The van der Waals surface area contributed by atoms with Crippen molar-refractivity contribution in [2.75, 3.05) is 38.3 Å². The minimum atomic E-state index is -4.67. The Bertz CT molecular complexity index is 972. The highest BCUT2D eigenvalue weighted by atomic mass is 19.4. The van der Waals surface area contributed by atoms with Gasteiger partial charge < -0.3 is 19.6 Å². The van der Waals surface area contributed by atoms with Crippen LogP contribution >= 0.6 is 0 Å². The third-order valence-electron chi connectivity index (χ3n) is 5.06. The summed E-state index contributed by atoms with van der Waals surface area (Å²) in [4.78, 5) is 16.0. The number of rotatable bonds is 4. The molecule has 0 spiro atoms.